The number of hydrogen-bond acceptors (Lipinski definition) is 2. The zero-order valence-corrected chi connectivity index (χ0v) is 11.5. The SMILES string of the molecule is CCCCOc1ccc(C)cc1C(C)NCC. The number of nitrogens with one attached hydrogen (secondary N) is 1. The van der Waals surface area contributed by atoms with Crippen LogP contribution in [0, 0.1) is 6.92 Å². The molecule has 1 aromatic rings. The van der Waals surface area contributed by atoms with Gasteiger partial charge in [-0.05, 0) is 32.9 Å². The van der Waals surface area contributed by atoms with E-state index in [2.05, 4.69) is 51.2 Å². The molecule has 1 rings (SSSR count). The second-order valence-corrected chi connectivity index (χ2v) is 4.52. The van der Waals surface area contributed by atoms with Crippen LogP contribution in [0.1, 0.15) is 50.8 Å². The third kappa shape index (κ3) is 4.39. The third-order valence-electron chi connectivity index (χ3n) is 2.90. The van der Waals surface area contributed by atoms with Crippen LogP contribution in [0.25, 0.3) is 0 Å². The second-order valence-electron chi connectivity index (χ2n) is 4.52. The van der Waals surface area contributed by atoms with Gasteiger partial charge in [0.25, 0.3) is 0 Å². The van der Waals surface area contributed by atoms with Crippen LogP contribution in [-0.2, 0) is 0 Å². The first-order valence-corrected chi connectivity index (χ1v) is 6.65. The molecule has 0 aliphatic heterocycles. The lowest BCUT2D eigenvalue weighted by Crippen LogP contribution is -2.18. The quantitative estimate of drug-likeness (QED) is 0.725. The summed E-state index contributed by atoms with van der Waals surface area (Å²) in [5.41, 5.74) is 2.55. The van der Waals surface area contributed by atoms with Crippen molar-refractivity contribution in [1.29, 1.82) is 0 Å². The van der Waals surface area contributed by atoms with Crippen molar-refractivity contribution in [2.75, 3.05) is 13.2 Å². The lowest BCUT2D eigenvalue weighted by molar-refractivity contribution is 0.303. The zero-order valence-electron chi connectivity index (χ0n) is 11.5. The van der Waals surface area contributed by atoms with E-state index < -0.39 is 0 Å². The molecule has 0 aromatic heterocycles. The first-order valence-electron chi connectivity index (χ1n) is 6.65. The third-order valence-corrected chi connectivity index (χ3v) is 2.90. The molecule has 0 saturated carbocycles. The van der Waals surface area contributed by atoms with E-state index in [-0.39, 0.29) is 0 Å². The van der Waals surface area contributed by atoms with Crippen LogP contribution in [-0.4, -0.2) is 13.2 Å². The molecule has 0 fully saturated rings. The van der Waals surface area contributed by atoms with Crippen LogP contribution in [0.3, 0.4) is 0 Å². The molecule has 2 heteroatoms. The van der Waals surface area contributed by atoms with Gasteiger partial charge in [-0.1, -0.05) is 38.0 Å². The summed E-state index contributed by atoms with van der Waals surface area (Å²) in [5.74, 6) is 1.03. The largest absolute Gasteiger partial charge is 0.493 e. The first kappa shape index (κ1) is 14.0. The minimum absolute atomic E-state index is 0.344. The van der Waals surface area contributed by atoms with Crippen LogP contribution < -0.4 is 10.1 Å². The summed E-state index contributed by atoms with van der Waals surface area (Å²) in [5, 5.41) is 3.44. The Kier molecular flexibility index (Phi) is 6.06. The van der Waals surface area contributed by atoms with E-state index in [0.29, 0.717) is 6.04 Å². The minimum atomic E-state index is 0.344. The molecule has 1 N–H and O–H groups in total. The summed E-state index contributed by atoms with van der Waals surface area (Å²) < 4.78 is 5.86. The molecule has 0 heterocycles. The van der Waals surface area contributed by atoms with Crippen LogP contribution in [0.15, 0.2) is 18.2 Å². The summed E-state index contributed by atoms with van der Waals surface area (Å²) >= 11 is 0. The minimum Gasteiger partial charge on any atom is -0.493 e. The van der Waals surface area contributed by atoms with Crippen molar-refractivity contribution in [2.45, 2.75) is 46.6 Å². The van der Waals surface area contributed by atoms with Crippen molar-refractivity contribution in [3.8, 4) is 5.75 Å². The highest BCUT2D eigenvalue weighted by Crippen LogP contribution is 2.26. The molecule has 1 unspecified atom stereocenters. The average molecular weight is 235 g/mol. The summed E-state index contributed by atoms with van der Waals surface area (Å²) in [6.07, 6.45) is 2.28. The Bertz CT molecular complexity index is 336. The Balaban J connectivity index is 2.79. The number of ether oxygens (including phenoxy) is 1. The molecule has 0 aliphatic carbocycles. The van der Waals surface area contributed by atoms with E-state index >= 15 is 0 Å². The molecule has 0 spiro atoms. The first-order chi connectivity index (χ1) is 8.19. The van der Waals surface area contributed by atoms with Crippen LogP contribution >= 0.6 is 0 Å². The Morgan fingerprint density at radius 2 is 2.06 bits per heavy atom. The predicted molar refractivity (Wildman–Crippen MR) is 73.7 cm³/mol. The molecular formula is C15H25NO. The second kappa shape index (κ2) is 7.33. The number of benzene rings is 1. The topological polar surface area (TPSA) is 21.3 Å². The van der Waals surface area contributed by atoms with Gasteiger partial charge >= 0.3 is 0 Å². The van der Waals surface area contributed by atoms with Gasteiger partial charge in [0.15, 0.2) is 0 Å². The fourth-order valence-corrected chi connectivity index (χ4v) is 1.88. The van der Waals surface area contributed by atoms with Gasteiger partial charge in [-0.25, -0.2) is 0 Å². The molecule has 0 bridgehead atoms. The number of unbranched alkanes of at least 4 members (excludes halogenated alkanes) is 1. The Labute approximate surface area is 105 Å². The van der Waals surface area contributed by atoms with Crippen molar-refractivity contribution in [1.82, 2.24) is 5.32 Å². The molecular weight excluding hydrogens is 210 g/mol. The highest BCUT2D eigenvalue weighted by atomic mass is 16.5. The number of aryl methyl sites for hydroxylation is 1. The average Bonchev–Trinajstić information content (AvgIpc) is 2.31. The monoisotopic (exact) mass is 235 g/mol. The Hall–Kier alpha value is -1.02. The lowest BCUT2D eigenvalue weighted by Gasteiger charge is -2.18. The van der Waals surface area contributed by atoms with Crippen molar-refractivity contribution in [2.24, 2.45) is 0 Å². The van der Waals surface area contributed by atoms with Gasteiger partial charge < -0.3 is 10.1 Å². The fourth-order valence-electron chi connectivity index (χ4n) is 1.88. The predicted octanol–water partition coefficient (Wildman–Crippen LogP) is 3.84. The van der Waals surface area contributed by atoms with Gasteiger partial charge in [-0.15, -0.1) is 0 Å². The molecule has 17 heavy (non-hydrogen) atoms. The number of hydrogen-bond donors (Lipinski definition) is 1. The molecule has 0 amide bonds. The van der Waals surface area contributed by atoms with Crippen molar-refractivity contribution in [3.63, 3.8) is 0 Å². The van der Waals surface area contributed by atoms with E-state index in [1.54, 1.807) is 0 Å². The van der Waals surface area contributed by atoms with Crippen molar-refractivity contribution < 1.29 is 4.74 Å². The molecule has 96 valence electrons. The van der Waals surface area contributed by atoms with E-state index in [4.69, 9.17) is 4.74 Å². The van der Waals surface area contributed by atoms with Crippen LogP contribution in [0.5, 0.6) is 5.75 Å². The van der Waals surface area contributed by atoms with E-state index in [1.807, 2.05) is 0 Å². The van der Waals surface area contributed by atoms with Crippen LogP contribution in [0.4, 0.5) is 0 Å². The summed E-state index contributed by atoms with van der Waals surface area (Å²) in [7, 11) is 0. The van der Waals surface area contributed by atoms with E-state index in [0.717, 1.165) is 25.3 Å². The van der Waals surface area contributed by atoms with Gasteiger partial charge in [0.1, 0.15) is 5.75 Å². The van der Waals surface area contributed by atoms with Crippen molar-refractivity contribution >= 4 is 0 Å². The molecule has 0 radical (unpaired) electrons. The molecule has 2 nitrogen and oxygen atoms in total. The highest BCUT2D eigenvalue weighted by Gasteiger charge is 2.10. The molecule has 1 aromatic carbocycles. The Morgan fingerprint density at radius 1 is 1.29 bits per heavy atom. The van der Waals surface area contributed by atoms with Crippen molar-refractivity contribution in [3.05, 3.63) is 29.3 Å². The molecule has 1 atom stereocenters. The maximum Gasteiger partial charge on any atom is 0.124 e. The summed E-state index contributed by atoms with van der Waals surface area (Å²) in [6, 6.07) is 6.77. The number of rotatable bonds is 7. The summed E-state index contributed by atoms with van der Waals surface area (Å²) in [6.45, 7) is 10.4. The van der Waals surface area contributed by atoms with Gasteiger partial charge in [-0.2, -0.15) is 0 Å². The van der Waals surface area contributed by atoms with Gasteiger partial charge in [-0.3, -0.25) is 0 Å². The maximum absolute atomic E-state index is 5.86. The lowest BCUT2D eigenvalue weighted by atomic mass is 10.0. The van der Waals surface area contributed by atoms with Gasteiger partial charge in [0, 0.05) is 11.6 Å². The smallest absolute Gasteiger partial charge is 0.124 e. The van der Waals surface area contributed by atoms with Crippen LogP contribution in [0.2, 0.25) is 0 Å². The Morgan fingerprint density at radius 3 is 2.71 bits per heavy atom. The van der Waals surface area contributed by atoms with Gasteiger partial charge in [0.2, 0.25) is 0 Å². The maximum atomic E-state index is 5.86. The molecule has 0 saturated heterocycles. The standard InChI is InChI=1S/C15H25NO/c1-5-7-10-17-15-9-8-12(3)11-14(15)13(4)16-6-2/h8-9,11,13,16H,5-7,10H2,1-4H3. The van der Waals surface area contributed by atoms with Gasteiger partial charge in [0.05, 0.1) is 6.61 Å². The van der Waals surface area contributed by atoms with E-state index in [9.17, 15) is 0 Å². The highest BCUT2D eigenvalue weighted by molar-refractivity contribution is 5.38. The van der Waals surface area contributed by atoms with E-state index in [1.165, 1.54) is 17.5 Å². The zero-order chi connectivity index (χ0) is 12.7. The fraction of sp³-hybridized carbons (Fsp3) is 0.600. The summed E-state index contributed by atoms with van der Waals surface area (Å²) in [4.78, 5) is 0. The normalized spacial score (nSPS) is 12.5. The molecule has 0 aliphatic rings.